The first-order valence-electron chi connectivity index (χ1n) is 7.87. The third-order valence-corrected chi connectivity index (χ3v) is 4.37. The van der Waals surface area contributed by atoms with Crippen molar-refractivity contribution in [2.24, 2.45) is 0 Å². The van der Waals surface area contributed by atoms with Crippen LogP contribution >= 0.6 is 0 Å². The van der Waals surface area contributed by atoms with Gasteiger partial charge in [0.15, 0.2) is 0 Å². The molecule has 0 aliphatic rings. The zero-order chi connectivity index (χ0) is 17.3. The van der Waals surface area contributed by atoms with Gasteiger partial charge < -0.3 is 4.90 Å². The second-order valence-electron chi connectivity index (χ2n) is 5.94. The average molecular weight is 323 g/mol. The van der Waals surface area contributed by atoms with E-state index >= 15 is 0 Å². The van der Waals surface area contributed by atoms with E-state index in [1.807, 2.05) is 64.3 Å². The van der Waals surface area contributed by atoms with E-state index in [1.54, 1.807) is 15.8 Å². The van der Waals surface area contributed by atoms with Crippen LogP contribution in [-0.2, 0) is 0 Å². The number of aromatic amines is 1. The van der Waals surface area contributed by atoms with Crippen molar-refractivity contribution in [3.05, 3.63) is 65.2 Å². The van der Waals surface area contributed by atoms with Gasteiger partial charge in [-0.25, -0.2) is 4.68 Å². The average Bonchev–Trinajstić information content (AvgIpc) is 3.23. The fraction of sp³-hybridized carbons (Fsp3) is 0.278. The fourth-order valence-corrected chi connectivity index (χ4v) is 2.95. The van der Waals surface area contributed by atoms with Gasteiger partial charge >= 0.3 is 0 Å². The molecule has 3 aromatic rings. The molecule has 1 amide bonds. The maximum atomic E-state index is 12.9. The lowest BCUT2D eigenvalue weighted by Gasteiger charge is -2.25. The number of carbonyl (C=O) groups excluding carboxylic acids is 1. The van der Waals surface area contributed by atoms with Gasteiger partial charge in [-0.1, -0.05) is 6.07 Å². The number of aromatic nitrogens is 4. The number of H-pyrrole nitrogens is 1. The normalized spacial score (nSPS) is 12.2. The predicted octanol–water partition coefficient (Wildman–Crippen LogP) is 3.05. The maximum absolute atomic E-state index is 12.9. The molecule has 0 saturated carbocycles. The minimum absolute atomic E-state index is 0.0310. The molecule has 0 saturated heterocycles. The first-order valence-corrected chi connectivity index (χ1v) is 7.87. The molecule has 2 aromatic heterocycles. The Morgan fingerprint density at radius 3 is 2.71 bits per heavy atom. The summed E-state index contributed by atoms with van der Waals surface area (Å²) < 4.78 is 1.74. The summed E-state index contributed by atoms with van der Waals surface area (Å²) in [6.45, 7) is 5.94. The van der Waals surface area contributed by atoms with Crippen LogP contribution in [0.15, 0.2) is 42.7 Å². The molecule has 3 rings (SSSR count). The van der Waals surface area contributed by atoms with Crippen LogP contribution in [0.3, 0.4) is 0 Å². The van der Waals surface area contributed by atoms with Gasteiger partial charge in [0.25, 0.3) is 5.91 Å². The molecule has 124 valence electrons. The zero-order valence-electron chi connectivity index (χ0n) is 14.3. The van der Waals surface area contributed by atoms with E-state index in [2.05, 4.69) is 15.3 Å². The van der Waals surface area contributed by atoms with Gasteiger partial charge in [-0.3, -0.25) is 9.89 Å². The molecule has 0 aliphatic heterocycles. The molecule has 0 unspecified atom stereocenters. The van der Waals surface area contributed by atoms with Crippen LogP contribution in [0.5, 0.6) is 0 Å². The highest BCUT2D eigenvalue weighted by atomic mass is 16.2. The zero-order valence-corrected chi connectivity index (χ0v) is 14.3. The standard InChI is InChI=1S/C18H21N5O/c1-12-17(13(2)21-20-12)14(3)22(4)18(24)15-7-5-8-16(11-15)23-10-6-9-19-23/h5-11,14H,1-4H3,(H,20,21)/t14-/m0/s1. The minimum atomic E-state index is -0.0652. The van der Waals surface area contributed by atoms with E-state index in [9.17, 15) is 4.79 Å². The quantitative estimate of drug-likeness (QED) is 0.802. The number of rotatable bonds is 4. The highest BCUT2D eigenvalue weighted by Gasteiger charge is 2.23. The van der Waals surface area contributed by atoms with E-state index in [-0.39, 0.29) is 11.9 Å². The van der Waals surface area contributed by atoms with Crippen molar-refractivity contribution in [2.45, 2.75) is 26.8 Å². The SMILES string of the molecule is Cc1n[nH]c(C)c1[C@H](C)N(C)C(=O)c1cccc(-n2cccn2)c1. The summed E-state index contributed by atoms with van der Waals surface area (Å²) in [5.74, 6) is -0.0310. The lowest BCUT2D eigenvalue weighted by molar-refractivity contribution is 0.0742. The van der Waals surface area contributed by atoms with Gasteiger partial charge in [-0.05, 0) is 45.0 Å². The summed E-state index contributed by atoms with van der Waals surface area (Å²) in [7, 11) is 1.82. The van der Waals surface area contributed by atoms with Crippen LogP contribution in [0, 0.1) is 13.8 Å². The Morgan fingerprint density at radius 2 is 2.08 bits per heavy atom. The Hall–Kier alpha value is -2.89. The molecule has 2 heterocycles. The lowest BCUT2D eigenvalue weighted by atomic mass is 10.0. The number of nitrogens with zero attached hydrogens (tertiary/aromatic N) is 4. The van der Waals surface area contributed by atoms with E-state index < -0.39 is 0 Å². The number of hydrogen-bond acceptors (Lipinski definition) is 3. The molecular weight excluding hydrogens is 302 g/mol. The molecule has 0 aliphatic carbocycles. The first kappa shape index (κ1) is 16.0. The summed E-state index contributed by atoms with van der Waals surface area (Å²) in [6, 6.07) is 9.27. The van der Waals surface area contributed by atoms with Gasteiger partial charge in [-0.15, -0.1) is 0 Å². The second kappa shape index (κ2) is 6.31. The number of aryl methyl sites for hydroxylation is 2. The van der Waals surface area contributed by atoms with Crippen LogP contribution in [0.25, 0.3) is 5.69 Å². The molecule has 1 N–H and O–H groups in total. The van der Waals surface area contributed by atoms with Crippen molar-refractivity contribution in [3.63, 3.8) is 0 Å². The number of carbonyl (C=O) groups is 1. The molecule has 0 spiro atoms. The van der Waals surface area contributed by atoms with E-state index in [0.29, 0.717) is 5.56 Å². The van der Waals surface area contributed by atoms with Crippen molar-refractivity contribution in [2.75, 3.05) is 7.05 Å². The summed E-state index contributed by atoms with van der Waals surface area (Å²) in [5.41, 5.74) is 4.47. The third kappa shape index (κ3) is 2.82. The summed E-state index contributed by atoms with van der Waals surface area (Å²) in [5, 5.41) is 11.4. The molecule has 24 heavy (non-hydrogen) atoms. The highest BCUT2D eigenvalue weighted by Crippen LogP contribution is 2.25. The number of nitrogens with one attached hydrogen (secondary N) is 1. The molecule has 1 aromatic carbocycles. The number of hydrogen-bond donors (Lipinski definition) is 1. The van der Waals surface area contributed by atoms with Gasteiger partial charge in [-0.2, -0.15) is 10.2 Å². The highest BCUT2D eigenvalue weighted by molar-refractivity contribution is 5.94. The Labute approximate surface area is 141 Å². The summed E-state index contributed by atoms with van der Waals surface area (Å²) >= 11 is 0. The Bertz CT molecular complexity index is 831. The second-order valence-corrected chi connectivity index (χ2v) is 5.94. The number of benzene rings is 1. The maximum Gasteiger partial charge on any atom is 0.254 e. The Morgan fingerprint density at radius 1 is 1.29 bits per heavy atom. The van der Waals surface area contributed by atoms with Crippen molar-refractivity contribution < 1.29 is 4.79 Å². The molecule has 0 fully saturated rings. The van der Waals surface area contributed by atoms with Crippen LogP contribution in [0.4, 0.5) is 0 Å². The number of amides is 1. The Kier molecular flexibility index (Phi) is 4.20. The fourth-order valence-electron chi connectivity index (χ4n) is 2.95. The molecular formula is C18H21N5O. The minimum Gasteiger partial charge on any atom is -0.335 e. The van der Waals surface area contributed by atoms with Crippen LogP contribution in [0.2, 0.25) is 0 Å². The van der Waals surface area contributed by atoms with E-state index in [1.165, 1.54) is 0 Å². The Balaban J connectivity index is 1.87. The monoisotopic (exact) mass is 323 g/mol. The molecule has 6 heteroatoms. The van der Waals surface area contributed by atoms with Gasteiger partial charge in [0.1, 0.15) is 0 Å². The van der Waals surface area contributed by atoms with Crippen LogP contribution in [0.1, 0.15) is 40.3 Å². The molecule has 0 radical (unpaired) electrons. The van der Waals surface area contributed by atoms with Crippen molar-refractivity contribution in [1.29, 1.82) is 0 Å². The first-order chi connectivity index (χ1) is 11.5. The summed E-state index contributed by atoms with van der Waals surface area (Å²) in [6.07, 6.45) is 3.57. The van der Waals surface area contributed by atoms with Crippen LogP contribution in [-0.4, -0.2) is 37.8 Å². The van der Waals surface area contributed by atoms with Gasteiger partial charge in [0.2, 0.25) is 0 Å². The van der Waals surface area contributed by atoms with E-state index in [0.717, 1.165) is 22.6 Å². The van der Waals surface area contributed by atoms with Gasteiger partial charge in [0.05, 0.1) is 17.4 Å². The van der Waals surface area contributed by atoms with Crippen molar-refractivity contribution in [3.8, 4) is 5.69 Å². The molecule has 1 atom stereocenters. The predicted molar refractivity (Wildman–Crippen MR) is 92.1 cm³/mol. The van der Waals surface area contributed by atoms with Crippen molar-refractivity contribution >= 4 is 5.91 Å². The smallest absolute Gasteiger partial charge is 0.254 e. The largest absolute Gasteiger partial charge is 0.335 e. The molecule has 6 nitrogen and oxygen atoms in total. The van der Waals surface area contributed by atoms with Crippen molar-refractivity contribution in [1.82, 2.24) is 24.9 Å². The third-order valence-electron chi connectivity index (χ3n) is 4.37. The molecule has 0 bridgehead atoms. The lowest BCUT2D eigenvalue weighted by Crippen LogP contribution is -2.30. The van der Waals surface area contributed by atoms with E-state index in [4.69, 9.17) is 0 Å². The summed E-state index contributed by atoms with van der Waals surface area (Å²) in [4.78, 5) is 14.6. The van der Waals surface area contributed by atoms with Crippen LogP contribution < -0.4 is 0 Å². The van der Waals surface area contributed by atoms with Gasteiger partial charge in [0, 0.05) is 36.3 Å². The topological polar surface area (TPSA) is 66.8 Å².